The molecule has 2 N–H and O–H groups in total. The third-order valence-corrected chi connectivity index (χ3v) is 3.61. The summed E-state index contributed by atoms with van der Waals surface area (Å²) in [7, 11) is 0. The van der Waals surface area contributed by atoms with Crippen molar-refractivity contribution < 1.29 is 0 Å². The summed E-state index contributed by atoms with van der Waals surface area (Å²) in [5, 5.41) is 11.6. The average molecular weight is 276 g/mol. The summed E-state index contributed by atoms with van der Waals surface area (Å²) >= 11 is 0. The summed E-state index contributed by atoms with van der Waals surface area (Å²) in [5.41, 5.74) is 4.32. The van der Waals surface area contributed by atoms with Crippen LogP contribution in [0.3, 0.4) is 0 Å². The van der Waals surface area contributed by atoms with Crippen molar-refractivity contribution in [2.75, 3.05) is 0 Å². The fraction of sp³-hybridized carbons (Fsp3) is 0.0625. The van der Waals surface area contributed by atoms with E-state index in [-0.39, 0.29) is 5.56 Å². The first kappa shape index (κ1) is 11.8. The molecule has 102 valence electrons. The van der Waals surface area contributed by atoms with Gasteiger partial charge in [-0.1, -0.05) is 29.5 Å². The molecule has 0 aliphatic rings. The fourth-order valence-corrected chi connectivity index (χ4v) is 2.55. The summed E-state index contributed by atoms with van der Waals surface area (Å²) in [5.74, 6) is 0. The Morgan fingerprint density at radius 3 is 2.86 bits per heavy atom. The molecule has 0 bridgehead atoms. The molecule has 2 aromatic heterocycles. The van der Waals surface area contributed by atoms with Gasteiger partial charge in [-0.2, -0.15) is 0 Å². The Bertz CT molecular complexity index is 1000. The minimum Gasteiger partial charge on any atom is -0.322 e. The standard InChI is InChI=1S/C16H12N4O/c21-16-12(9-11-3-1-2-4-13(11)17-16)7-10-5-6-14-15(8-10)19-20-18-14/h1-6,8-9H,7H2,(H,17,21)(H,18,19,20). The number of pyridine rings is 1. The Labute approximate surface area is 119 Å². The lowest BCUT2D eigenvalue weighted by Gasteiger charge is -2.04. The maximum Gasteiger partial charge on any atom is 0.251 e. The van der Waals surface area contributed by atoms with Crippen molar-refractivity contribution in [2.24, 2.45) is 0 Å². The first-order valence-corrected chi connectivity index (χ1v) is 6.70. The Morgan fingerprint density at radius 2 is 1.90 bits per heavy atom. The molecule has 5 nitrogen and oxygen atoms in total. The smallest absolute Gasteiger partial charge is 0.251 e. The molecule has 0 saturated heterocycles. The molecule has 4 rings (SSSR count). The van der Waals surface area contributed by atoms with Gasteiger partial charge in [0.2, 0.25) is 0 Å². The summed E-state index contributed by atoms with van der Waals surface area (Å²) in [6.07, 6.45) is 0.578. The first-order chi connectivity index (χ1) is 10.3. The van der Waals surface area contributed by atoms with Gasteiger partial charge in [-0.3, -0.25) is 9.89 Å². The monoisotopic (exact) mass is 276 g/mol. The zero-order chi connectivity index (χ0) is 14.2. The van der Waals surface area contributed by atoms with Gasteiger partial charge in [0.1, 0.15) is 5.52 Å². The van der Waals surface area contributed by atoms with Crippen LogP contribution in [0.15, 0.2) is 53.3 Å². The van der Waals surface area contributed by atoms with Gasteiger partial charge in [0, 0.05) is 17.5 Å². The Kier molecular flexibility index (Phi) is 2.57. The summed E-state index contributed by atoms with van der Waals surface area (Å²) < 4.78 is 0. The van der Waals surface area contributed by atoms with Crippen molar-refractivity contribution in [1.29, 1.82) is 0 Å². The lowest BCUT2D eigenvalue weighted by molar-refractivity contribution is 0.959. The highest BCUT2D eigenvalue weighted by atomic mass is 16.1. The second-order valence-electron chi connectivity index (χ2n) is 5.05. The maximum absolute atomic E-state index is 12.2. The normalized spacial score (nSPS) is 11.2. The maximum atomic E-state index is 12.2. The third-order valence-electron chi connectivity index (χ3n) is 3.61. The van der Waals surface area contributed by atoms with Crippen molar-refractivity contribution >= 4 is 21.9 Å². The number of aromatic nitrogens is 4. The highest BCUT2D eigenvalue weighted by Crippen LogP contribution is 2.15. The van der Waals surface area contributed by atoms with Gasteiger partial charge in [-0.05, 0) is 35.2 Å². The van der Waals surface area contributed by atoms with Crippen molar-refractivity contribution in [3.63, 3.8) is 0 Å². The number of para-hydroxylation sites is 1. The van der Waals surface area contributed by atoms with Crippen LogP contribution in [0.4, 0.5) is 0 Å². The number of hydrogen-bond acceptors (Lipinski definition) is 3. The molecule has 21 heavy (non-hydrogen) atoms. The number of nitrogens with one attached hydrogen (secondary N) is 2. The zero-order valence-corrected chi connectivity index (χ0v) is 11.1. The molecule has 4 aromatic rings. The van der Waals surface area contributed by atoms with E-state index in [2.05, 4.69) is 20.4 Å². The predicted molar refractivity (Wildman–Crippen MR) is 81.3 cm³/mol. The highest BCUT2D eigenvalue weighted by Gasteiger charge is 2.06. The number of fused-ring (bicyclic) bond motifs is 2. The molecule has 0 saturated carbocycles. The van der Waals surface area contributed by atoms with E-state index < -0.39 is 0 Å². The zero-order valence-electron chi connectivity index (χ0n) is 11.1. The molecule has 0 unspecified atom stereocenters. The molecule has 0 aliphatic carbocycles. The molecule has 0 atom stereocenters. The Morgan fingerprint density at radius 1 is 1.00 bits per heavy atom. The topological polar surface area (TPSA) is 74.4 Å². The van der Waals surface area contributed by atoms with Gasteiger partial charge >= 0.3 is 0 Å². The van der Waals surface area contributed by atoms with E-state index in [9.17, 15) is 4.79 Å². The van der Waals surface area contributed by atoms with E-state index >= 15 is 0 Å². The van der Waals surface area contributed by atoms with Crippen molar-refractivity contribution in [2.45, 2.75) is 6.42 Å². The van der Waals surface area contributed by atoms with Crippen molar-refractivity contribution in [3.05, 3.63) is 70.0 Å². The predicted octanol–water partition coefficient (Wildman–Crippen LogP) is 2.39. The molecule has 5 heteroatoms. The van der Waals surface area contributed by atoms with E-state index in [0.717, 1.165) is 33.1 Å². The van der Waals surface area contributed by atoms with Crippen LogP contribution in [0, 0.1) is 0 Å². The van der Waals surface area contributed by atoms with Crippen LogP contribution in [0.2, 0.25) is 0 Å². The number of nitrogens with zero attached hydrogens (tertiary/aromatic N) is 2. The lowest BCUT2D eigenvalue weighted by atomic mass is 10.0. The fourth-order valence-electron chi connectivity index (χ4n) is 2.55. The molecule has 0 spiro atoms. The Balaban J connectivity index is 1.79. The van der Waals surface area contributed by atoms with Crippen LogP contribution in [-0.4, -0.2) is 20.4 Å². The SMILES string of the molecule is O=c1[nH]c2ccccc2cc1Cc1ccc2nn[nH]c2c1. The average Bonchev–Trinajstić information content (AvgIpc) is 2.95. The van der Waals surface area contributed by atoms with Crippen molar-refractivity contribution in [1.82, 2.24) is 20.4 Å². The number of hydrogen-bond donors (Lipinski definition) is 2. The van der Waals surface area contributed by atoms with Gasteiger partial charge in [0.15, 0.2) is 0 Å². The summed E-state index contributed by atoms with van der Waals surface area (Å²) in [4.78, 5) is 15.1. The van der Waals surface area contributed by atoms with Crippen molar-refractivity contribution in [3.8, 4) is 0 Å². The first-order valence-electron chi connectivity index (χ1n) is 6.70. The summed E-state index contributed by atoms with van der Waals surface area (Å²) in [6, 6.07) is 15.6. The molecule has 2 aromatic carbocycles. The lowest BCUT2D eigenvalue weighted by Crippen LogP contribution is -2.12. The van der Waals surface area contributed by atoms with Gasteiger partial charge in [-0.15, -0.1) is 5.10 Å². The molecular formula is C16H12N4O. The van der Waals surface area contributed by atoms with Crippen LogP contribution in [0.25, 0.3) is 21.9 Å². The van der Waals surface area contributed by atoms with Crippen LogP contribution in [-0.2, 0) is 6.42 Å². The summed E-state index contributed by atoms with van der Waals surface area (Å²) in [6.45, 7) is 0. The number of H-pyrrole nitrogens is 2. The van der Waals surface area contributed by atoms with Crippen LogP contribution in [0.1, 0.15) is 11.1 Å². The minimum absolute atomic E-state index is 0.0449. The van der Waals surface area contributed by atoms with Gasteiger partial charge < -0.3 is 4.98 Å². The van der Waals surface area contributed by atoms with E-state index in [1.54, 1.807) is 0 Å². The van der Waals surface area contributed by atoms with Gasteiger partial charge in [0.25, 0.3) is 5.56 Å². The molecule has 0 radical (unpaired) electrons. The minimum atomic E-state index is -0.0449. The largest absolute Gasteiger partial charge is 0.322 e. The van der Waals surface area contributed by atoms with Gasteiger partial charge in [0.05, 0.1) is 5.52 Å². The van der Waals surface area contributed by atoms with Crippen LogP contribution in [0.5, 0.6) is 0 Å². The molecule has 0 aliphatic heterocycles. The Hall–Kier alpha value is -2.95. The third kappa shape index (κ3) is 2.08. The number of benzene rings is 2. The van der Waals surface area contributed by atoms with E-state index in [1.807, 2.05) is 48.5 Å². The number of aromatic amines is 2. The van der Waals surface area contributed by atoms with Crippen LogP contribution < -0.4 is 5.56 Å². The van der Waals surface area contributed by atoms with Crippen LogP contribution >= 0.6 is 0 Å². The van der Waals surface area contributed by atoms with E-state index in [0.29, 0.717) is 6.42 Å². The quantitative estimate of drug-likeness (QED) is 0.590. The van der Waals surface area contributed by atoms with E-state index in [1.165, 1.54) is 0 Å². The molecule has 2 heterocycles. The highest BCUT2D eigenvalue weighted by molar-refractivity contribution is 5.79. The second-order valence-corrected chi connectivity index (χ2v) is 5.05. The second kappa shape index (κ2) is 4.56. The molecular weight excluding hydrogens is 264 g/mol. The van der Waals surface area contributed by atoms with Gasteiger partial charge in [-0.25, -0.2) is 0 Å². The number of rotatable bonds is 2. The van der Waals surface area contributed by atoms with E-state index in [4.69, 9.17) is 0 Å². The molecule has 0 fully saturated rings. The molecule has 0 amide bonds.